The van der Waals surface area contributed by atoms with Crippen molar-refractivity contribution in [1.82, 2.24) is 0 Å². The molecule has 0 radical (unpaired) electrons. The normalized spacial score (nSPS) is 29.9. The number of hydrogen-bond donors (Lipinski definition) is 0. The maximum Gasteiger partial charge on any atom is 0.136 e. The molecule has 0 bridgehead atoms. The third kappa shape index (κ3) is 1.19. The largest absolute Gasteiger partial charge is 0.299 e. The zero-order valence-corrected chi connectivity index (χ0v) is 8.20. The Morgan fingerprint density at radius 1 is 1.07 bits per heavy atom. The zero-order valence-electron chi connectivity index (χ0n) is 8.20. The Morgan fingerprint density at radius 2 is 1.93 bits per heavy atom. The van der Waals surface area contributed by atoms with Gasteiger partial charge in [0, 0.05) is 12.3 Å². The summed E-state index contributed by atoms with van der Waals surface area (Å²) < 4.78 is 0. The summed E-state index contributed by atoms with van der Waals surface area (Å²) in [6, 6.07) is 8.64. The molecule has 0 aromatic heterocycles. The number of carbonyl (C=O) groups excluding carboxylic acids is 1. The van der Waals surface area contributed by atoms with Gasteiger partial charge in [-0.2, -0.15) is 0 Å². The van der Waals surface area contributed by atoms with E-state index >= 15 is 0 Å². The summed E-state index contributed by atoms with van der Waals surface area (Å²) in [7, 11) is 0. The monoisotopic (exact) mass is 186 g/mol. The predicted molar refractivity (Wildman–Crippen MR) is 55.2 cm³/mol. The van der Waals surface area contributed by atoms with Crippen molar-refractivity contribution in [2.75, 3.05) is 0 Å². The lowest BCUT2D eigenvalue weighted by Gasteiger charge is -2.11. The fourth-order valence-electron chi connectivity index (χ4n) is 2.66. The number of ketones is 1. The molecule has 0 saturated heterocycles. The van der Waals surface area contributed by atoms with E-state index in [-0.39, 0.29) is 0 Å². The van der Waals surface area contributed by atoms with Crippen LogP contribution < -0.4 is 0 Å². The summed E-state index contributed by atoms with van der Waals surface area (Å²) in [5.74, 6) is 1.44. The minimum Gasteiger partial charge on any atom is -0.299 e. The van der Waals surface area contributed by atoms with Gasteiger partial charge >= 0.3 is 0 Å². The van der Waals surface area contributed by atoms with Crippen LogP contribution in [0.1, 0.15) is 36.3 Å². The summed E-state index contributed by atoms with van der Waals surface area (Å²) in [5.41, 5.74) is 2.93. The molecule has 2 unspecified atom stereocenters. The van der Waals surface area contributed by atoms with Gasteiger partial charge in [0.25, 0.3) is 0 Å². The van der Waals surface area contributed by atoms with E-state index in [0.29, 0.717) is 17.6 Å². The number of aryl methyl sites for hydroxylation is 1. The number of fused-ring (bicyclic) bond motifs is 3. The maximum absolute atomic E-state index is 11.6. The van der Waals surface area contributed by atoms with E-state index in [1.54, 1.807) is 0 Å². The van der Waals surface area contributed by atoms with Crippen molar-refractivity contribution in [3.8, 4) is 0 Å². The predicted octanol–water partition coefficient (Wildman–Crippen LogP) is 2.70. The molecule has 3 rings (SSSR count). The third-order valence-electron chi connectivity index (χ3n) is 3.53. The molecule has 0 heterocycles. The lowest BCUT2D eigenvalue weighted by Crippen LogP contribution is -2.07. The van der Waals surface area contributed by atoms with Gasteiger partial charge in [-0.15, -0.1) is 0 Å². The molecule has 1 heteroatoms. The Labute approximate surface area is 84.1 Å². The van der Waals surface area contributed by atoms with Crippen molar-refractivity contribution in [2.45, 2.75) is 31.6 Å². The molecule has 2 aliphatic rings. The average Bonchev–Trinajstić information content (AvgIpc) is 2.96. The zero-order chi connectivity index (χ0) is 9.54. The Kier molecular flexibility index (Phi) is 1.73. The molecule has 0 spiro atoms. The molecule has 2 atom stereocenters. The molecular weight excluding hydrogens is 172 g/mol. The molecule has 72 valence electrons. The van der Waals surface area contributed by atoms with Gasteiger partial charge in [-0.3, -0.25) is 4.79 Å². The average molecular weight is 186 g/mol. The summed E-state index contributed by atoms with van der Waals surface area (Å²) in [6.45, 7) is 0. The van der Waals surface area contributed by atoms with Crippen LogP contribution in [0.4, 0.5) is 0 Å². The summed E-state index contributed by atoms with van der Waals surface area (Å²) in [4.78, 5) is 11.6. The highest BCUT2D eigenvalue weighted by molar-refractivity contribution is 5.85. The highest BCUT2D eigenvalue weighted by atomic mass is 16.1. The van der Waals surface area contributed by atoms with Gasteiger partial charge in [0.15, 0.2) is 0 Å². The summed E-state index contributed by atoms with van der Waals surface area (Å²) >= 11 is 0. The highest BCUT2D eigenvalue weighted by Gasteiger charge is 2.44. The Hall–Kier alpha value is -1.11. The first-order valence-corrected chi connectivity index (χ1v) is 5.47. The minimum atomic E-state index is 0.372. The number of rotatable bonds is 0. The van der Waals surface area contributed by atoms with E-state index < -0.39 is 0 Å². The SMILES string of the molecule is O=C1CCCc2ccccc2C2CC12. The fraction of sp³-hybridized carbons (Fsp3) is 0.462. The van der Waals surface area contributed by atoms with Crippen molar-refractivity contribution in [2.24, 2.45) is 5.92 Å². The van der Waals surface area contributed by atoms with E-state index in [1.807, 2.05) is 0 Å². The van der Waals surface area contributed by atoms with Crippen LogP contribution in [0.2, 0.25) is 0 Å². The molecule has 1 aromatic rings. The van der Waals surface area contributed by atoms with Crippen molar-refractivity contribution in [3.63, 3.8) is 0 Å². The smallest absolute Gasteiger partial charge is 0.136 e. The second-order valence-electron chi connectivity index (χ2n) is 4.47. The van der Waals surface area contributed by atoms with E-state index in [1.165, 1.54) is 11.1 Å². The molecule has 1 aromatic carbocycles. The Balaban J connectivity index is 2.01. The summed E-state index contributed by atoms with van der Waals surface area (Å²) in [6.07, 6.45) is 4.04. The molecule has 0 amide bonds. The van der Waals surface area contributed by atoms with Gasteiger partial charge in [0.2, 0.25) is 0 Å². The lowest BCUT2D eigenvalue weighted by molar-refractivity contribution is -0.120. The Morgan fingerprint density at radius 3 is 2.86 bits per heavy atom. The van der Waals surface area contributed by atoms with E-state index in [4.69, 9.17) is 0 Å². The van der Waals surface area contributed by atoms with Crippen molar-refractivity contribution < 1.29 is 4.79 Å². The van der Waals surface area contributed by atoms with Crippen LogP contribution in [0.3, 0.4) is 0 Å². The molecule has 1 nitrogen and oxygen atoms in total. The van der Waals surface area contributed by atoms with Gasteiger partial charge in [-0.1, -0.05) is 24.3 Å². The van der Waals surface area contributed by atoms with Crippen LogP contribution in [0.25, 0.3) is 0 Å². The van der Waals surface area contributed by atoms with Gasteiger partial charge in [-0.25, -0.2) is 0 Å². The lowest BCUT2D eigenvalue weighted by atomic mass is 9.93. The molecular formula is C13H14O. The topological polar surface area (TPSA) is 17.1 Å². The first-order valence-electron chi connectivity index (χ1n) is 5.47. The van der Waals surface area contributed by atoms with Crippen LogP contribution in [0.5, 0.6) is 0 Å². The fourth-order valence-corrected chi connectivity index (χ4v) is 2.66. The Bertz CT molecular complexity index is 381. The second-order valence-corrected chi connectivity index (χ2v) is 4.47. The van der Waals surface area contributed by atoms with E-state index in [9.17, 15) is 4.79 Å². The number of hydrogen-bond acceptors (Lipinski definition) is 1. The summed E-state index contributed by atoms with van der Waals surface area (Å²) in [5, 5.41) is 0. The first-order chi connectivity index (χ1) is 6.86. The molecule has 0 aliphatic heterocycles. The molecule has 1 fully saturated rings. The van der Waals surface area contributed by atoms with Crippen LogP contribution in [0.15, 0.2) is 24.3 Å². The van der Waals surface area contributed by atoms with E-state index in [2.05, 4.69) is 24.3 Å². The minimum absolute atomic E-state index is 0.372. The molecule has 2 aliphatic carbocycles. The first kappa shape index (κ1) is 8.22. The molecule has 14 heavy (non-hydrogen) atoms. The van der Waals surface area contributed by atoms with Crippen molar-refractivity contribution >= 4 is 5.78 Å². The van der Waals surface area contributed by atoms with Crippen molar-refractivity contribution in [3.05, 3.63) is 35.4 Å². The van der Waals surface area contributed by atoms with Crippen LogP contribution in [-0.4, -0.2) is 5.78 Å². The van der Waals surface area contributed by atoms with Gasteiger partial charge in [0.05, 0.1) is 0 Å². The van der Waals surface area contributed by atoms with Crippen molar-refractivity contribution in [1.29, 1.82) is 0 Å². The van der Waals surface area contributed by atoms with Gasteiger partial charge < -0.3 is 0 Å². The highest BCUT2D eigenvalue weighted by Crippen LogP contribution is 2.50. The maximum atomic E-state index is 11.6. The quantitative estimate of drug-likeness (QED) is 0.609. The van der Waals surface area contributed by atoms with Gasteiger partial charge in [-0.05, 0) is 36.3 Å². The van der Waals surface area contributed by atoms with Crippen LogP contribution >= 0.6 is 0 Å². The van der Waals surface area contributed by atoms with Gasteiger partial charge in [0.1, 0.15) is 5.78 Å². The standard InChI is InChI=1S/C13H14O/c14-13-7-3-5-9-4-1-2-6-10(9)11-8-12(11)13/h1-2,4,6,11-12H,3,5,7-8H2. The number of Topliss-reactive ketones (excluding diaryl/α,β-unsaturated/α-hetero) is 1. The van der Waals surface area contributed by atoms with Crippen LogP contribution in [0, 0.1) is 5.92 Å². The van der Waals surface area contributed by atoms with Crippen LogP contribution in [-0.2, 0) is 11.2 Å². The number of carbonyl (C=O) groups is 1. The number of benzene rings is 1. The second kappa shape index (κ2) is 2.94. The van der Waals surface area contributed by atoms with E-state index in [0.717, 1.165) is 25.7 Å². The molecule has 1 saturated carbocycles. The third-order valence-corrected chi connectivity index (χ3v) is 3.53. The molecule has 0 N–H and O–H groups in total.